The highest BCUT2D eigenvalue weighted by atomic mass is 32.2. The maximum absolute atomic E-state index is 11.7. The number of rotatable bonds is 5. The van der Waals surface area contributed by atoms with Crippen LogP contribution in [0.25, 0.3) is 10.1 Å². The van der Waals surface area contributed by atoms with Gasteiger partial charge in [-0.3, -0.25) is 10.1 Å². The van der Waals surface area contributed by atoms with E-state index < -0.39 is 11.1 Å². The van der Waals surface area contributed by atoms with Crippen LogP contribution < -0.4 is 4.74 Å². The minimum atomic E-state index is -0.851. The van der Waals surface area contributed by atoms with E-state index in [1.165, 1.54) is 29.2 Å². The molecule has 0 spiro atoms. The molecular formula is C17H13NO5S2. The molecule has 0 aliphatic carbocycles. The number of nitro groups is 1. The Morgan fingerprint density at radius 3 is 2.64 bits per heavy atom. The lowest BCUT2D eigenvalue weighted by molar-refractivity contribution is -0.384. The van der Waals surface area contributed by atoms with Gasteiger partial charge in [-0.25, -0.2) is 4.79 Å². The number of nitro benzene ring substituents is 1. The number of carbonyl (C=O) groups excluding carboxylic acids is 1. The fourth-order valence-corrected chi connectivity index (χ4v) is 3.57. The van der Waals surface area contributed by atoms with E-state index in [9.17, 15) is 14.9 Å². The number of thiophene rings is 1. The normalized spacial score (nSPS) is 10.6. The second kappa shape index (κ2) is 7.54. The molecule has 6 nitrogen and oxygen atoms in total. The van der Waals surface area contributed by atoms with Gasteiger partial charge >= 0.3 is 6.16 Å². The van der Waals surface area contributed by atoms with Crippen LogP contribution in [0.1, 0.15) is 4.88 Å². The predicted molar refractivity (Wildman–Crippen MR) is 97.5 cm³/mol. The summed E-state index contributed by atoms with van der Waals surface area (Å²) in [6.07, 6.45) is 1.17. The SMILES string of the molecule is CSc1ccc2sc(COC(=O)Oc3ccc([N+](=O)[O-])cc3)cc2c1. The summed E-state index contributed by atoms with van der Waals surface area (Å²) in [6, 6.07) is 13.4. The number of hydrogen-bond acceptors (Lipinski definition) is 7. The van der Waals surface area contributed by atoms with Gasteiger partial charge in [0.1, 0.15) is 12.4 Å². The zero-order valence-electron chi connectivity index (χ0n) is 13.1. The summed E-state index contributed by atoms with van der Waals surface area (Å²) in [5.74, 6) is 0.191. The number of nitrogens with zero attached hydrogens (tertiary/aromatic N) is 1. The second-order valence-electron chi connectivity index (χ2n) is 5.01. The molecule has 0 atom stereocenters. The topological polar surface area (TPSA) is 78.7 Å². The van der Waals surface area contributed by atoms with E-state index >= 15 is 0 Å². The van der Waals surface area contributed by atoms with Gasteiger partial charge < -0.3 is 9.47 Å². The van der Waals surface area contributed by atoms with Crippen molar-refractivity contribution >= 4 is 45.0 Å². The van der Waals surface area contributed by atoms with Crippen LogP contribution in [-0.2, 0) is 11.3 Å². The van der Waals surface area contributed by atoms with Crippen LogP contribution in [0, 0.1) is 10.1 Å². The Kier molecular flexibility index (Phi) is 5.20. The lowest BCUT2D eigenvalue weighted by atomic mass is 10.2. The highest BCUT2D eigenvalue weighted by molar-refractivity contribution is 7.98. The molecule has 128 valence electrons. The molecule has 0 aliphatic heterocycles. The van der Waals surface area contributed by atoms with Crippen molar-refractivity contribution in [2.45, 2.75) is 11.5 Å². The molecule has 0 radical (unpaired) electrons. The molecule has 0 N–H and O–H groups in total. The molecule has 1 aromatic heterocycles. The number of fused-ring (bicyclic) bond motifs is 1. The zero-order chi connectivity index (χ0) is 17.8. The van der Waals surface area contributed by atoms with Gasteiger partial charge in [0.15, 0.2) is 0 Å². The Labute approximate surface area is 151 Å². The van der Waals surface area contributed by atoms with E-state index in [0.717, 1.165) is 15.0 Å². The molecular weight excluding hydrogens is 362 g/mol. The first kappa shape index (κ1) is 17.2. The van der Waals surface area contributed by atoms with Crippen molar-refractivity contribution in [2.75, 3.05) is 6.26 Å². The predicted octanol–water partition coefficient (Wildman–Crippen LogP) is 5.25. The fourth-order valence-electron chi connectivity index (χ4n) is 2.17. The Balaban J connectivity index is 1.59. The number of thioether (sulfide) groups is 1. The molecule has 1 heterocycles. The highest BCUT2D eigenvalue weighted by Gasteiger charge is 2.11. The molecule has 0 saturated heterocycles. The van der Waals surface area contributed by atoms with Crippen molar-refractivity contribution in [3.63, 3.8) is 0 Å². The molecule has 0 aliphatic rings. The molecule has 2 aromatic carbocycles. The number of hydrogen-bond donors (Lipinski definition) is 0. The van der Waals surface area contributed by atoms with Crippen LogP contribution in [0.5, 0.6) is 5.75 Å². The third-order valence-corrected chi connectivity index (χ3v) is 5.17. The van der Waals surface area contributed by atoms with Crippen molar-refractivity contribution in [1.82, 2.24) is 0 Å². The average molecular weight is 375 g/mol. The van der Waals surface area contributed by atoms with Gasteiger partial charge in [-0.05, 0) is 48.0 Å². The van der Waals surface area contributed by atoms with Crippen molar-refractivity contribution in [3.8, 4) is 5.75 Å². The first-order valence-corrected chi connectivity index (χ1v) is 9.25. The van der Waals surface area contributed by atoms with Gasteiger partial charge in [0.05, 0.1) is 4.92 Å². The molecule has 3 aromatic rings. The van der Waals surface area contributed by atoms with Gasteiger partial charge in [0.25, 0.3) is 5.69 Å². The van der Waals surface area contributed by atoms with Gasteiger partial charge in [0, 0.05) is 26.6 Å². The Bertz CT molecular complexity index is 920. The molecule has 3 rings (SSSR count). The average Bonchev–Trinajstić information content (AvgIpc) is 3.02. The van der Waals surface area contributed by atoms with Crippen molar-refractivity contribution in [2.24, 2.45) is 0 Å². The maximum atomic E-state index is 11.7. The first-order valence-electron chi connectivity index (χ1n) is 7.20. The minimum Gasteiger partial charge on any atom is -0.428 e. The third kappa shape index (κ3) is 4.28. The summed E-state index contributed by atoms with van der Waals surface area (Å²) in [5.41, 5.74) is -0.0735. The second-order valence-corrected chi connectivity index (χ2v) is 7.06. The fraction of sp³-hybridized carbons (Fsp3) is 0.118. The number of benzene rings is 2. The van der Waals surface area contributed by atoms with E-state index in [1.54, 1.807) is 23.1 Å². The van der Waals surface area contributed by atoms with E-state index in [0.29, 0.717) is 0 Å². The lowest BCUT2D eigenvalue weighted by Crippen LogP contribution is -2.09. The van der Waals surface area contributed by atoms with Crippen molar-refractivity contribution in [3.05, 3.63) is 63.5 Å². The van der Waals surface area contributed by atoms with E-state index in [2.05, 4.69) is 12.1 Å². The Hall–Kier alpha value is -2.58. The van der Waals surface area contributed by atoms with E-state index in [1.807, 2.05) is 18.4 Å². The van der Waals surface area contributed by atoms with Crippen LogP contribution in [0.15, 0.2) is 53.4 Å². The summed E-state index contributed by atoms with van der Waals surface area (Å²) in [6.45, 7) is 0.111. The summed E-state index contributed by atoms with van der Waals surface area (Å²) in [7, 11) is 0. The minimum absolute atomic E-state index is 0.0735. The van der Waals surface area contributed by atoms with Gasteiger partial charge in [0.2, 0.25) is 0 Å². The standard InChI is InChI=1S/C17H13NO5S2/c1-24-14-6-7-16-11(8-14)9-15(25-16)10-22-17(19)23-13-4-2-12(3-5-13)18(20)21/h2-9H,10H2,1H3. The molecule has 0 saturated carbocycles. The van der Waals surface area contributed by atoms with Gasteiger partial charge in [-0.2, -0.15) is 0 Å². The Morgan fingerprint density at radius 1 is 1.20 bits per heavy atom. The van der Waals surface area contributed by atoms with E-state index in [4.69, 9.17) is 9.47 Å². The van der Waals surface area contributed by atoms with Crippen LogP contribution in [0.4, 0.5) is 10.5 Å². The monoisotopic (exact) mass is 375 g/mol. The van der Waals surface area contributed by atoms with Gasteiger partial charge in [-0.15, -0.1) is 23.1 Å². The van der Waals surface area contributed by atoms with Crippen LogP contribution in [0.3, 0.4) is 0 Å². The maximum Gasteiger partial charge on any atom is 0.514 e. The quantitative estimate of drug-likeness (QED) is 0.199. The van der Waals surface area contributed by atoms with Crippen LogP contribution >= 0.6 is 23.1 Å². The zero-order valence-corrected chi connectivity index (χ0v) is 14.8. The Morgan fingerprint density at radius 2 is 1.96 bits per heavy atom. The molecule has 0 fully saturated rings. The molecule has 25 heavy (non-hydrogen) atoms. The highest BCUT2D eigenvalue weighted by Crippen LogP contribution is 2.29. The summed E-state index contributed by atoms with van der Waals surface area (Å²) in [5, 5.41) is 11.7. The van der Waals surface area contributed by atoms with Crippen LogP contribution in [0.2, 0.25) is 0 Å². The summed E-state index contributed by atoms with van der Waals surface area (Å²) < 4.78 is 11.2. The summed E-state index contributed by atoms with van der Waals surface area (Å²) >= 11 is 3.23. The van der Waals surface area contributed by atoms with E-state index in [-0.39, 0.29) is 18.0 Å². The summed E-state index contributed by atoms with van der Waals surface area (Å²) in [4.78, 5) is 23.9. The molecule has 0 amide bonds. The smallest absolute Gasteiger partial charge is 0.428 e. The van der Waals surface area contributed by atoms with Crippen molar-refractivity contribution in [1.29, 1.82) is 0 Å². The van der Waals surface area contributed by atoms with Crippen LogP contribution in [-0.4, -0.2) is 17.3 Å². The first-order chi connectivity index (χ1) is 12.0. The number of ether oxygens (including phenoxy) is 2. The molecule has 8 heteroatoms. The third-order valence-electron chi connectivity index (χ3n) is 3.36. The molecule has 0 bridgehead atoms. The lowest BCUT2D eigenvalue weighted by Gasteiger charge is -2.04. The molecule has 0 unspecified atom stereocenters. The van der Waals surface area contributed by atoms with Crippen molar-refractivity contribution < 1.29 is 19.2 Å². The largest absolute Gasteiger partial charge is 0.514 e. The number of carbonyl (C=O) groups is 1. The number of non-ortho nitro benzene ring substituents is 1. The van der Waals surface area contributed by atoms with Gasteiger partial charge in [-0.1, -0.05) is 0 Å².